The third kappa shape index (κ3) is 3.08. The smallest absolute Gasteiger partial charge is 0.242 e. The molecule has 0 aromatic carbocycles. The fourth-order valence-electron chi connectivity index (χ4n) is 3.96. The van der Waals surface area contributed by atoms with Crippen molar-refractivity contribution in [2.45, 2.75) is 50.2 Å². The van der Waals surface area contributed by atoms with Crippen LogP contribution in [0.2, 0.25) is 0 Å². The van der Waals surface area contributed by atoms with Crippen LogP contribution in [0, 0.1) is 17.8 Å². The van der Waals surface area contributed by atoms with Crippen LogP contribution in [0.25, 0.3) is 0 Å². The molecule has 7 heteroatoms. The minimum Gasteiger partial charge on any atom is -0.391 e. The number of nitrogens with one attached hydrogen (secondary N) is 1. The summed E-state index contributed by atoms with van der Waals surface area (Å²) >= 11 is 4.55. The Labute approximate surface area is 138 Å². The van der Waals surface area contributed by atoms with Gasteiger partial charge in [-0.05, 0) is 65.9 Å². The van der Waals surface area contributed by atoms with Crippen LogP contribution in [0.1, 0.15) is 37.5 Å². The summed E-state index contributed by atoms with van der Waals surface area (Å²) in [4.78, 5) is 0.890. The Morgan fingerprint density at radius 1 is 1.48 bits per heavy atom. The van der Waals surface area contributed by atoms with Gasteiger partial charge in [0, 0.05) is 10.9 Å². The first-order valence-electron chi connectivity index (χ1n) is 7.32. The molecule has 0 saturated heterocycles. The predicted octanol–water partition coefficient (Wildman–Crippen LogP) is 3.11. The monoisotopic (exact) mass is 393 g/mol. The first kappa shape index (κ1) is 15.9. The average Bonchev–Trinajstić information content (AvgIpc) is 3.12. The number of aliphatic hydroxyl groups is 1. The number of sulfonamides is 1. The molecule has 2 aliphatic carbocycles. The van der Waals surface area contributed by atoms with Crippen LogP contribution in [0.5, 0.6) is 0 Å². The van der Waals surface area contributed by atoms with E-state index in [0.29, 0.717) is 20.5 Å². The van der Waals surface area contributed by atoms with E-state index in [1.165, 1.54) is 30.6 Å². The molecule has 4 unspecified atom stereocenters. The molecule has 2 aliphatic rings. The van der Waals surface area contributed by atoms with E-state index in [4.69, 9.17) is 5.11 Å². The number of fused-ring (bicyclic) bond motifs is 2. The van der Waals surface area contributed by atoms with E-state index < -0.39 is 10.0 Å². The van der Waals surface area contributed by atoms with Gasteiger partial charge in [0.2, 0.25) is 10.0 Å². The third-order valence-corrected chi connectivity index (χ3v) is 8.72. The highest BCUT2D eigenvalue weighted by atomic mass is 79.9. The molecule has 3 rings (SSSR count). The lowest BCUT2D eigenvalue weighted by Crippen LogP contribution is -2.40. The number of rotatable bonds is 5. The zero-order valence-electron chi connectivity index (χ0n) is 11.9. The molecule has 2 saturated carbocycles. The zero-order valence-corrected chi connectivity index (χ0v) is 15.1. The SMILES string of the molecule is CC(NS(=O)(=O)c1cc(CO)sc1Br)C1CC2CCC1C2. The summed E-state index contributed by atoms with van der Waals surface area (Å²) < 4.78 is 28.5. The molecule has 1 heterocycles. The maximum Gasteiger partial charge on any atom is 0.242 e. The Kier molecular flexibility index (Phi) is 4.49. The highest BCUT2D eigenvalue weighted by molar-refractivity contribution is 9.11. The Bertz CT molecular complexity index is 628. The molecule has 2 fully saturated rings. The van der Waals surface area contributed by atoms with E-state index in [9.17, 15) is 8.42 Å². The second kappa shape index (κ2) is 5.92. The van der Waals surface area contributed by atoms with E-state index in [0.717, 1.165) is 12.3 Å². The lowest BCUT2D eigenvalue weighted by molar-refractivity contribution is 0.280. The van der Waals surface area contributed by atoms with Gasteiger partial charge in [-0.15, -0.1) is 11.3 Å². The molecule has 0 spiro atoms. The van der Waals surface area contributed by atoms with Gasteiger partial charge in [-0.2, -0.15) is 0 Å². The summed E-state index contributed by atoms with van der Waals surface area (Å²) in [7, 11) is -3.53. The van der Waals surface area contributed by atoms with Crippen molar-refractivity contribution in [3.8, 4) is 0 Å². The second-order valence-electron chi connectivity index (χ2n) is 6.26. The molecule has 118 valence electrons. The van der Waals surface area contributed by atoms with Crippen molar-refractivity contribution in [1.82, 2.24) is 4.72 Å². The number of thiophene rings is 1. The van der Waals surface area contributed by atoms with Gasteiger partial charge in [-0.25, -0.2) is 13.1 Å². The Hall–Kier alpha value is 0.0500. The van der Waals surface area contributed by atoms with Crippen molar-refractivity contribution in [2.75, 3.05) is 0 Å². The maximum absolute atomic E-state index is 12.5. The zero-order chi connectivity index (χ0) is 15.2. The molecule has 2 N–H and O–H groups in total. The molecule has 4 nitrogen and oxygen atoms in total. The van der Waals surface area contributed by atoms with E-state index in [-0.39, 0.29) is 17.5 Å². The predicted molar refractivity (Wildman–Crippen MR) is 86.7 cm³/mol. The summed E-state index contributed by atoms with van der Waals surface area (Å²) in [6.07, 6.45) is 4.99. The lowest BCUT2D eigenvalue weighted by atomic mass is 9.84. The average molecular weight is 394 g/mol. The van der Waals surface area contributed by atoms with Crippen LogP contribution in [0.4, 0.5) is 0 Å². The highest BCUT2D eigenvalue weighted by Crippen LogP contribution is 2.49. The van der Waals surface area contributed by atoms with Crippen molar-refractivity contribution in [3.05, 3.63) is 14.7 Å². The largest absolute Gasteiger partial charge is 0.391 e. The topological polar surface area (TPSA) is 66.4 Å². The van der Waals surface area contributed by atoms with E-state index >= 15 is 0 Å². The first-order chi connectivity index (χ1) is 9.90. The normalized spacial score (nSPS) is 30.0. The standard InChI is InChI=1S/C14H20BrNO3S2/c1-8(12-5-9-2-3-10(12)4-9)16-21(18,19)13-6-11(7-17)20-14(13)15/h6,8-10,12,16-17H,2-5,7H2,1H3. The van der Waals surface area contributed by atoms with Crippen LogP contribution in [-0.2, 0) is 16.6 Å². The molecule has 0 aliphatic heterocycles. The summed E-state index contributed by atoms with van der Waals surface area (Å²) in [5.41, 5.74) is 0. The van der Waals surface area contributed by atoms with Crippen molar-refractivity contribution in [3.63, 3.8) is 0 Å². The molecular weight excluding hydrogens is 374 g/mol. The van der Waals surface area contributed by atoms with E-state index in [2.05, 4.69) is 20.7 Å². The summed E-state index contributed by atoms with van der Waals surface area (Å²) in [6.45, 7) is 1.84. The highest BCUT2D eigenvalue weighted by Gasteiger charge is 2.42. The quantitative estimate of drug-likeness (QED) is 0.807. The number of hydrogen-bond donors (Lipinski definition) is 2. The van der Waals surface area contributed by atoms with Crippen LogP contribution in [0.15, 0.2) is 14.7 Å². The van der Waals surface area contributed by atoms with Crippen molar-refractivity contribution in [1.29, 1.82) is 0 Å². The number of halogens is 1. The molecule has 1 aromatic heterocycles. The lowest BCUT2D eigenvalue weighted by Gasteiger charge is -2.28. The molecule has 1 aromatic rings. The Balaban J connectivity index is 1.75. The van der Waals surface area contributed by atoms with Gasteiger partial charge in [-0.3, -0.25) is 0 Å². The van der Waals surface area contributed by atoms with Gasteiger partial charge in [0.1, 0.15) is 4.90 Å². The molecule has 0 amide bonds. The van der Waals surface area contributed by atoms with E-state index in [1.807, 2.05) is 6.92 Å². The second-order valence-corrected chi connectivity index (χ2v) is 10.4. The number of aliphatic hydroxyl groups excluding tert-OH is 1. The van der Waals surface area contributed by atoms with Crippen LogP contribution in [0.3, 0.4) is 0 Å². The van der Waals surface area contributed by atoms with Crippen LogP contribution in [-0.4, -0.2) is 19.6 Å². The van der Waals surface area contributed by atoms with Gasteiger partial charge in [0.15, 0.2) is 0 Å². The fraction of sp³-hybridized carbons (Fsp3) is 0.714. The molecule has 0 radical (unpaired) electrons. The Morgan fingerprint density at radius 3 is 2.76 bits per heavy atom. The van der Waals surface area contributed by atoms with Gasteiger partial charge in [0.25, 0.3) is 0 Å². The van der Waals surface area contributed by atoms with Crippen LogP contribution < -0.4 is 4.72 Å². The first-order valence-corrected chi connectivity index (χ1v) is 10.4. The van der Waals surface area contributed by atoms with Crippen molar-refractivity contribution >= 4 is 37.3 Å². The summed E-state index contributed by atoms with van der Waals surface area (Å²) in [5, 5.41) is 9.14. The van der Waals surface area contributed by atoms with Gasteiger partial charge in [-0.1, -0.05) is 6.42 Å². The molecule has 4 atom stereocenters. The van der Waals surface area contributed by atoms with Gasteiger partial charge >= 0.3 is 0 Å². The number of hydrogen-bond acceptors (Lipinski definition) is 4. The summed E-state index contributed by atoms with van der Waals surface area (Å²) in [5.74, 6) is 1.96. The third-order valence-electron chi connectivity index (χ3n) is 4.93. The van der Waals surface area contributed by atoms with Gasteiger partial charge in [0.05, 0.1) is 10.4 Å². The van der Waals surface area contributed by atoms with Crippen LogP contribution >= 0.6 is 27.3 Å². The minimum atomic E-state index is -3.53. The molecular formula is C14H20BrNO3S2. The van der Waals surface area contributed by atoms with Crippen molar-refractivity contribution < 1.29 is 13.5 Å². The molecule has 21 heavy (non-hydrogen) atoms. The minimum absolute atomic E-state index is 0.0327. The fourth-order valence-corrected chi connectivity index (χ4v) is 7.80. The van der Waals surface area contributed by atoms with Crippen molar-refractivity contribution in [2.24, 2.45) is 17.8 Å². The Morgan fingerprint density at radius 2 is 2.24 bits per heavy atom. The summed E-state index contributed by atoms with van der Waals surface area (Å²) in [6, 6.07) is 1.51. The maximum atomic E-state index is 12.5. The van der Waals surface area contributed by atoms with Gasteiger partial charge < -0.3 is 5.11 Å². The molecule has 2 bridgehead atoms. The van der Waals surface area contributed by atoms with E-state index in [1.54, 1.807) is 6.07 Å².